The van der Waals surface area contributed by atoms with Crippen LogP contribution in [0.25, 0.3) is 0 Å². The summed E-state index contributed by atoms with van der Waals surface area (Å²) in [7, 11) is -3.71. The number of ether oxygens (including phenoxy) is 1. The third-order valence-electron chi connectivity index (χ3n) is 3.98. The van der Waals surface area contributed by atoms with Gasteiger partial charge in [-0.15, -0.1) is 0 Å². The number of esters is 1. The summed E-state index contributed by atoms with van der Waals surface area (Å²) in [6, 6.07) is 11.2. The van der Waals surface area contributed by atoms with E-state index in [4.69, 9.17) is 4.74 Å². The van der Waals surface area contributed by atoms with E-state index in [1.165, 1.54) is 31.2 Å². The van der Waals surface area contributed by atoms with E-state index >= 15 is 0 Å². The number of anilines is 2. The quantitative estimate of drug-likeness (QED) is 0.619. The average Bonchev–Trinajstić information content (AvgIpc) is 2.64. The van der Waals surface area contributed by atoms with E-state index in [2.05, 4.69) is 10.6 Å². The van der Waals surface area contributed by atoms with E-state index in [0.29, 0.717) is 11.4 Å². The number of benzene rings is 2. The molecule has 30 heavy (non-hydrogen) atoms. The number of aryl methyl sites for hydroxylation is 2. The molecule has 0 spiro atoms. The van der Waals surface area contributed by atoms with Crippen LogP contribution in [0.5, 0.6) is 0 Å². The smallest absolute Gasteiger partial charge is 0.307 e. The maximum Gasteiger partial charge on any atom is 0.307 e. The fourth-order valence-electron chi connectivity index (χ4n) is 2.75. The molecule has 2 amide bonds. The van der Waals surface area contributed by atoms with Gasteiger partial charge in [0.25, 0.3) is 5.91 Å². The highest BCUT2D eigenvalue weighted by molar-refractivity contribution is 7.91. The van der Waals surface area contributed by atoms with Crippen molar-refractivity contribution in [3.05, 3.63) is 53.6 Å². The lowest BCUT2D eigenvalue weighted by molar-refractivity contribution is -0.146. The van der Waals surface area contributed by atoms with Gasteiger partial charge in [-0.25, -0.2) is 8.42 Å². The van der Waals surface area contributed by atoms with Gasteiger partial charge in [0.1, 0.15) is 0 Å². The summed E-state index contributed by atoms with van der Waals surface area (Å²) >= 11 is 0. The van der Waals surface area contributed by atoms with Crippen molar-refractivity contribution in [2.24, 2.45) is 0 Å². The van der Waals surface area contributed by atoms with Gasteiger partial charge in [-0.1, -0.05) is 6.07 Å². The molecule has 0 radical (unpaired) electrons. The largest absolute Gasteiger partial charge is 0.456 e. The van der Waals surface area contributed by atoms with Crippen molar-refractivity contribution in [3.63, 3.8) is 0 Å². The van der Waals surface area contributed by atoms with Gasteiger partial charge < -0.3 is 15.4 Å². The summed E-state index contributed by atoms with van der Waals surface area (Å²) in [6.45, 7) is 4.64. The highest BCUT2D eigenvalue weighted by Gasteiger charge is 2.18. The van der Waals surface area contributed by atoms with Crippen LogP contribution in [0.4, 0.5) is 11.4 Å². The van der Waals surface area contributed by atoms with Crippen LogP contribution in [0.1, 0.15) is 24.5 Å². The van der Waals surface area contributed by atoms with Crippen LogP contribution in [0.2, 0.25) is 0 Å². The molecular weight excluding hydrogens is 408 g/mol. The Kier molecular flexibility index (Phi) is 7.71. The fourth-order valence-corrected chi connectivity index (χ4v) is 3.97. The number of sulfone groups is 1. The SMILES string of the molecule is CC(=O)Nc1ccc(S(=O)(=O)CCC(=O)OCC(=O)Nc2cc(C)cc(C)c2)cc1. The van der Waals surface area contributed by atoms with Crippen LogP contribution in [-0.4, -0.2) is 38.6 Å². The lowest BCUT2D eigenvalue weighted by atomic mass is 10.1. The van der Waals surface area contributed by atoms with Gasteiger partial charge in [0.05, 0.1) is 17.1 Å². The average molecular weight is 432 g/mol. The van der Waals surface area contributed by atoms with Gasteiger partial charge >= 0.3 is 5.97 Å². The number of amides is 2. The summed E-state index contributed by atoms with van der Waals surface area (Å²) in [5, 5.41) is 5.17. The van der Waals surface area contributed by atoms with Crippen molar-refractivity contribution in [1.29, 1.82) is 0 Å². The molecule has 160 valence electrons. The Morgan fingerprint density at radius 2 is 1.50 bits per heavy atom. The minimum Gasteiger partial charge on any atom is -0.456 e. The first-order valence-corrected chi connectivity index (χ1v) is 10.8. The number of carbonyl (C=O) groups is 3. The third kappa shape index (κ3) is 7.32. The number of hydrogen-bond acceptors (Lipinski definition) is 6. The molecule has 0 heterocycles. The van der Waals surface area contributed by atoms with Crippen molar-refractivity contribution < 1.29 is 27.5 Å². The van der Waals surface area contributed by atoms with Gasteiger partial charge in [0.2, 0.25) is 5.91 Å². The number of nitrogens with one attached hydrogen (secondary N) is 2. The molecule has 0 saturated heterocycles. The molecule has 0 unspecified atom stereocenters. The van der Waals surface area contributed by atoms with Crippen LogP contribution in [-0.2, 0) is 29.0 Å². The minimum absolute atomic E-state index is 0.0250. The Balaban J connectivity index is 1.83. The molecule has 0 aliphatic rings. The molecule has 2 N–H and O–H groups in total. The Morgan fingerprint density at radius 3 is 2.07 bits per heavy atom. The van der Waals surface area contributed by atoms with Crippen molar-refractivity contribution >= 4 is 39.0 Å². The summed E-state index contributed by atoms with van der Waals surface area (Å²) in [5.41, 5.74) is 3.03. The number of rotatable bonds is 8. The zero-order chi connectivity index (χ0) is 22.3. The first kappa shape index (κ1) is 23.1. The molecule has 0 bridgehead atoms. The van der Waals surface area contributed by atoms with E-state index in [0.717, 1.165) is 11.1 Å². The molecule has 9 heteroatoms. The molecule has 0 saturated carbocycles. The van der Waals surface area contributed by atoms with Crippen LogP contribution in [0.3, 0.4) is 0 Å². The van der Waals surface area contributed by atoms with Crippen LogP contribution in [0, 0.1) is 13.8 Å². The zero-order valence-corrected chi connectivity index (χ0v) is 17.8. The first-order valence-electron chi connectivity index (χ1n) is 9.19. The molecular formula is C21H24N2O6S. The fraction of sp³-hybridized carbons (Fsp3) is 0.286. The van der Waals surface area contributed by atoms with Gasteiger partial charge in [0.15, 0.2) is 16.4 Å². The van der Waals surface area contributed by atoms with Crippen LogP contribution < -0.4 is 10.6 Å². The zero-order valence-electron chi connectivity index (χ0n) is 17.0. The van der Waals surface area contributed by atoms with E-state index < -0.39 is 34.1 Å². The molecule has 2 rings (SSSR count). The van der Waals surface area contributed by atoms with E-state index in [1.54, 1.807) is 12.1 Å². The Labute approximate surface area is 175 Å². The minimum atomic E-state index is -3.71. The Bertz CT molecular complexity index is 1030. The maximum atomic E-state index is 12.3. The normalized spacial score (nSPS) is 10.9. The van der Waals surface area contributed by atoms with Gasteiger partial charge in [0, 0.05) is 18.3 Å². The monoisotopic (exact) mass is 432 g/mol. The second-order valence-electron chi connectivity index (χ2n) is 6.86. The van der Waals surface area contributed by atoms with Crippen molar-refractivity contribution in [3.8, 4) is 0 Å². The standard InChI is InChI=1S/C21H24N2O6S/c1-14-10-15(2)12-18(11-14)23-20(25)13-29-21(26)8-9-30(27,28)19-6-4-17(5-7-19)22-16(3)24/h4-7,10-12H,8-9,13H2,1-3H3,(H,22,24)(H,23,25). The molecule has 2 aromatic carbocycles. The lowest BCUT2D eigenvalue weighted by Crippen LogP contribution is -2.22. The molecule has 0 atom stereocenters. The Morgan fingerprint density at radius 1 is 0.900 bits per heavy atom. The van der Waals surface area contributed by atoms with E-state index in [9.17, 15) is 22.8 Å². The second-order valence-corrected chi connectivity index (χ2v) is 8.97. The molecule has 0 fully saturated rings. The molecule has 0 aromatic heterocycles. The molecule has 0 aliphatic carbocycles. The Hall–Kier alpha value is -3.20. The van der Waals surface area contributed by atoms with Crippen LogP contribution in [0.15, 0.2) is 47.4 Å². The van der Waals surface area contributed by atoms with Crippen LogP contribution >= 0.6 is 0 Å². The summed E-state index contributed by atoms with van der Waals surface area (Å²) < 4.78 is 29.5. The lowest BCUT2D eigenvalue weighted by Gasteiger charge is -2.09. The predicted molar refractivity (Wildman–Crippen MR) is 113 cm³/mol. The van der Waals surface area contributed by atoms with Crippen molar-refractivity contribution in [2.75, 3.05) is 23.0 Å². The highest BCUT2D eigenvalue weighted by Crippen LogP contribution is 2.16. The molecule has 2 aromatic rings. The maximum absolute atomic E-state index is 12.3. The molecule has 8 nitrogen and oxygen atoms in total. The summed E-state index contributed by atoms with van der Waals surface area (Å²) in [5.74, 6) is -2.02. The predicted octanol–water partition coefficient (Wildman–Crippen LogP) is 2.61. The number of carbonyl (C=O) groups excluding carboxylic acids is 3. The third-order valence-corrected chi connectivity index (χ3v) is 5.71. The molecule has 0 aliphatic heterocycles. The highest BCUT2D eigenvalue weighted by atomic mass is 32.2. The first-order chi connectivity index (χ1) is 14.0. The van der Waals surface area contributed by atoms with E-state index in [1.807, 2.05) is 19.9 Å². The van der Waals surface area contributed by atoms with E-state index in [-0.39, 0.29) is 17.2 Å². The second kappa shape index (κ2) is 10.0. The van der Waals surface area contributed by atoms with Crippen molar-refractivity contribution in [1.82, 2.24) is 0 Å². The van der Waals surface area contributed by atoms with Gasteiger partial charge in [-0.2, -0.15) is 0 Å². The summed E-state index contributed by atoms with van der Waals surface area (Å²) in [4.78, 5) is 34.8. The van der Waals surface area contributed by atoms with Gasteiger partial charge in [-0.3, -0.25) is 14.4 Å². The van der Waals surface area contributed by atoms with Crippen molar-refractivity contribution in [2.45, 2.75) is 32.1 Å². The number of hydrogen-bond donors (Lipinski definition) is 2. The van der Waals surface area contributed by atoms with Gasteiger partial charge in [-0.05, 0) is 61.4 Å². The summed E-state index contributed by atoms with van der Waals surface area (Å²) in [6.07, 6.45) is -0.382. The topological polar surface area (TPSA) is 119 Å².